The molecular weight excluding hydrogens is 390 g/mol. The number of hydrogen-bond donors (Lipinski definition) is 0. The van der Waals surface area contributed by atoms with Crippen molar-refractivity contribution in [3.63, 3.8) is 0 Å². The fourth-order valence-corrected chi connectivity index (χ4v) is 6.45. The van der Waals surface area contributed by atoms with Crippen molar-refractivity contribution in [2.75, 3.05) is 11.9 Å². The predicted molar refractivity (Wildman–Crippen MR) is 77.5 cm³/mol. The van der Waals surface area contributed by atoms with Crippen molar-refractivity contribution in [3.8, 4) is 0 Å². The molecule has 1 fully saturated rings. The predicted octanol–water partition coefficient (Wildman–Crippen LogP) is 3.37. The van der Waals surface area contributed by atoms with Crippen LogP contribution in [0, 0.1) is 6.92 Å². The van der Waals surface area contributed by atoms with E-state index in [0.29, 0.717) is 16.8 Å². The Labute approximate surface area is 123 Å². The van der Waals surface area contributed by atoms with Crippen molar-refractivity contribution in [2.45, 2.75) is 30.7 Å². The van der Waals surface area contributed by atoms with Crippen molar-refractivity contribution in [2.24, 2.45) is 0 Å². The molecule has 7 heteroatoms. The van der Waals surface area contributed by atoms with Crippen molar-refractivity contribution < 1.29 is 8.42 Å². The SMILES string of the molecule is Cc1sc(Br)cc1S(=O)(=O)N(CCBr)C1CC1. The zero-order chi connectivity index (χ0) is 12.6. The molecule has 0 saturated heterocycles. The molecule has 1 heterocycles. The van der Waals surface area contributed by atoms with Gasteiger partial charge in [0.15, 0.2) is 0 Å². The van der Waals surface area contributed by atoms with Gasteiger partial charge in [-0.05, 0) is 41.8 Å². The van der Waals surface area contributed by atoms with Crippen LogP contribution in [-0.2, 0) is 10.0 Å². The van der Waals surface area contributed by atoms with E-state index < -0.39 is 10.0 Å². The topological polar surface area (TPSA) is 37.4 Å². The molecule has 0 bridgehead atoms. The first kappa shape index (κ1) is 14.0. The molecule has 1 aromatic heterocycles. The Balaban J connectivity index is 2.36. The van der Waals surface area contributed by atoms with Crippen LogP contribution < -0.4 is 0 Å². The van der Waals surface area contributed by atoms with Crippen LogP contribution in [0.3, 0.4) is 0 Å². The van der Waals surface area contributed by atoms with Gasteiger partial charge in [-0.25, -0.2) is 8.42 Å². The third kappa shape index (κ3) is 2.94. The lowest BCUT2D eigenvalue weighted by atomic mass is 10.5. The van der Waals surface area contributed by atoms with Crippen LogP contribution in [0.25, 0.3) is 0 Å². The van der Waals surface area contributed by atoms with Crippen LogP contribution in [0.15, 0.2) is 14.7 Å². The standard InChI is InChI=1S/C10H13Br2NO2S2/c1-7-9(6-10(12)16-7)17(14,15)13(5-4-11)8-2-3-8/h6,8H,2-5H2,1H3. The van der Waals surface area contributed by atoms with E-state index in [2.05, 4.69) is 31.9 Å². The number of rotatable bonds is 5. The maximum Gasteiger partial charge on any atom is 0.244 e. The Kier molecular flexibility index (Phi) is 4.35. The van der Waals surface area contributed by atoms with Crippen molar-refractivity contribution in [1.82, 2.24) is 4.31 Å². The van der Waals surface area contributed by atoms with Gasteiger partial charge in [0.25, 0.3) is 0 Å². The second-order valence-electron chi connectivity index (χ2n) is 4.01. The molecule has 96 valence electrons. The molecule has 0 aromatic carbocycles. The van der Waals surface area contributed by atoms with Crippen LogP contribution in [0.2, 0.25) is 0 Å². The molecule has 0 amide bonds. The summed E-state index contributed by atoms with van der Waals surface area (Å²) in [6, 6.07) is 1.91. The van der Waals surface area contributed by atoms with E-state index in [4.69, 9.17) is 0 Å². The minimum Gasteiger partial charge on any atom is -0.207 e. The van der Waals surface area contributed by atoms with Gasteiger partial charge in [-0.2, -0.15) is 4.31 Å². The zero-order valence-corrected chi connectivity index (χ0v) is 14.1. The highest BCUT2D eigenvalue weighted by Crippen LogP contribution is 2.36. The quantitative estimate of drug-likeness (QED) is 0.708. The molecular formula is C10H13Br2NO2S2. The monoisotopic (exact) mass is 401 g/mol. The molecule has 0 radical (unpaired) electrons. The minimum atomic E-state index is -3.33. The number of thiophene rings is 1. The Morgan fingerprint density at radius 3 is 2.59 bits per heavy atom. The maximum atomic E-state index is 12.5. The smallest absolute Gasteiger partial charge is 0.207 e. The summed E-state index contributed by atoms with van der Waals surface area (Å²) in [5, 5.41) is 0.674. The zero-order valence-electron chi connectivity index (χ0n) is 9.32. The number of aryl methyl sites for hydroxylation is 1. The summed E-state index contributed by atoms with van der Waals surface area (Å²) in [6.07, 6.45) is 1.97. The molecule has 1 saturated carbocycles. The van der Waals surface area contributed by atoms with Gasteiger partial charge < -0.3 is 0 Å². The van der Waals surface area contributed by atoms with Crippen molar-refractivity contribution >= 4 is 53.2 Å². The molecule has 0 aliphatic heterocycles. The van der Waals surface area contributed by atoms with E-state index in [1.54, 1.807) is 10.4 Å². The molecule has 0 N–H and O–H groups in total. The molecule has 0 unspecified atom stereocenters. The summed E-state index contributed by atoms with van der Waals surface area (Å²) in [5.74, 6) is 0. The highest BCUT2D eigenvalue weighted by Gasteiger charge is 2.38. The summed E-state index contributed by atoms with van der Waals surface area (Å²) < 4.78 is 27.5. The first-order chi connectivity index (χ1) is 7.96. The molecule has 1 aromatic rings. The van der Waals surface area contributed by atoms with Gasteiger partial charge in [-0.1, -0.05) is 15.9 Å². The van der Waals surface area contributed by atoms with Gasteiger partial charge in [0, 0.05) is 22.8 Å². The largest absolute Gasteiger partial charge is 0.244 e. The number of alkyl halides is 1. The van der Waals surface area contributed by atoms with Crippen LogP contribution >= 0.6 is 43.2 Å². The van der Waals surface area contributed by atoms with Gasteiger partial charge in [0.1, 0.15) is 0 Å². The van der Waals surface area contributed by atoms with Gasteiger partial charge in [-0.15, -0.1) is 11.3 Å². The van der Waals surface area contributed by atoms with Crippen molar-refractivity contribution in [1.29, 1.82) is 0 Å². The van der Waals surface area contributed by atoms with Gasteiger partial charge in [0.05, 0.1) is 8.68 Å². The third-order valence-corrected chi connectivity index (χ3v) is 6.80. The van der Waals surface area contributed by atoms with Crippen molar-refractivity contribution in [3.05, 3.63) is 14.7 Å². The molecule has 1 aliphatic rings. The molecule has 3 nitrogen and oxygen atoms in total. The first-order valence-corrected chi connectivity index (χ1v) is 9.47. The van der Waals surface area contributed by atoms with Gasteiger partial charge >= 0.3 is 0 Å². The van der Waals surface area contributed by atoms with Crippen LogP contribution in [-0.4, -0.2) is 30.6 Å². The average Bonchev–Trinajstić information content (AvgIpc) is 3.00. The number of halogens is 2. The summed E-state index contributed by atoms with van der Waals surface area (Å²) in [4.78, 5) is 1.29. The van der Waals surface area contributed by atoms with E-state index in [9.17, 15) is 8.42 Å². The summed E-state index contributed by atoms with van der Waals surface area (Å²) in [5.41, 5.74) is 0. The first-order valence-electron chi connectivity index (χ1n) is 5.30. The van der Waals surface area contributed by atoms with Gasteiger partial charge in [-0.3, -0.25) is 0 Å². The molecule has 0 atom stereocenters. The summed E-state index contributed by atoms with van der Waals surface area (Å²) >= 11 is 8.13. The fourth-order valence-electron chi connectivity index (χ4n) is 1.76. The van der Waals surface area contributed by atoms with Crippen LogP contribution in [0.4, 0.5) is 0 Å². The van der Waals surface area contributed by atoms with E-state index in [1.165, 1.54) is 11.3 Å². The number of nitrogens with zero attached hydrogens (tertiary/aromatic N) is 1. The highest BCUT2D eigenvalue weighted by molar-refractivity contribution is 9.11. The van der Waals surface area contributed by atoms with Gasteiger partial charge in [0.2, 0.25) is 10.0 Å². The Bertz CT molecular complexity index is 508. The summed E-state index contributed by atoms with van der Waals surface area (Å²) in [7, 11) is -3.33. The molecule has 1 aliphatic carbocycles. The molecule has 0 spiro atoms. The van der Waals surface area contributed by atoms with E-state index in [1.807, 2.05) is 6.92 Å². The maximum absolute atomic E-state index is 12.5. The summed E-state index contributed by atoms with van der Waals surface area (Å²) in [6.45, 7) is 2.39. The molecule has 2 rings (SSSR count). The van der Waals surface area contributed by atoms with E-state index in [-0.39, 0.29) is 6.04 Å². The highest BCUT2D eigenvalue weighted by atomic mass is 79.9. The lowest BCUT2D eigenvalue weighted by molar-refractivity contribution is 0.424. The Morgan fingerprint density at radius 1 is 1.53 bits per heavy atom. The minimum absolute atomic E-state index is 0.204. The third-order valence-electron chi connectivity index (χ3n) is 2.69. The van der Waals surface area contributed by atoms with Crippen LogP contribution in [0.1, 0.15) is 17.7 Å². The van der Waals surface area contributed by atoms with E-state index in [0.717, 1.165) is 21.5 Å². The number of sulfonamides is 1. The van der Waals surface area contributed by atoms with Crippen LogP contribution in [0.5, 0.6) is 0 Å². The second kappa shape index (κ2) is 5.28. The van der Waals surface area contributed by atoms with E-state index >= 15 is 0 Å². The Morgan fingerprint density at radius 2 is 2.18 bits per heavy atom. The molecule has 17 heavy (non-hydrogen) atoms. The Hall–Kier alpha value is 0.570. The average molecular weight is 403 g/mol. The lowest BCUT2D eigenvalue weighted by Crippen LogP contribution is -2.34. The second-order valence-corrected chi connectivity index (χ2v) is 9.29. The lowest BCUT2D eigenvalue weighted by Gasteiger charge is -2.20. The normalized spacial score (nSPS) is 16.7. The fraction of sp³-hybridized carbons (Fsp3) is 0.600. The number of hydrogen-bond acceptors (Lipinski definition) is 3.